The van der Waals surface area contributed by atoms with Gasteiger partial charge in [-0.3, -0.25) is 0 Å². The third-order valence-electron chi connectivity index (χ3n) is 9.89. The smallest absolute Gasteiger partial charge is 0.0704 e. The standard InChI is InChI=1S/C27H41NO2.C9H12.2C2H6.H2/c1-20-5-8-23-21(19-20)6-9-25-24(23)11-13-27(2)22(7-10-26(25)27)12-15-29-17-18-30-16-14-28(3)4;1-7-4-5-8(2)9(3)6-7;2*1-2;/h5,8,12,19,24-26H,6-7,9-11,13-18H2,1-4H3;4-6H,1-3H3;2*1-2H3;1H/b22-12+;;;;. The number of benzene rings is 2. The van der Waals surface area contributed by atoms with E-state index in [1.807, 2.05) is 27.7 Å². The van der Waals surface area contributed by atoms with Crippen LogP contribution in [0.25, 0.3) is 0 Å². The van der Waals surface area contributed by atoms with Crippen molar-refractivity contribution in [3.63, 3.8) is 0 Å². The van der Waals surface area contributed by atoms with Crippen LogP contribution in [-0.4, -0.2) is 52.0 Å². The molecule has 5 rings (SSSR count). The highest BCUT2D eigenvalue weighted by Crippen LogP contribution is 2.62. The van der Waals surface area contributed by atoms with Crippen molar-refractivity contribution in [3.8, 4) is 0 Å². The maximum atomic E-state index is 5.88. The van der Waals surface area contributed by atoms with Crippen LogP contribution in [0.15, 0.2) is 48.0 Å². The second-order valence-corrected chi connectivity index (χ2v) is 12.9. The van der Waals surface area contributed by atoms with Crippen LogP contribution in [0, 0.1) is 44.9 Å². The Hall–Kier alpha value is -1.94. The van der Waals surface area contributed by atoms with Gasteiger partial charge in [-0.05, 0) is 126 Å². The molecule has 2 fully saturated rings. The Labute approximate surface area is 267 Å². The van der Waals surface area contributed by atoms with Gasteiger partial charge in [-0.2, -0.15) is 0 Å². The van der Waals surface area contributed by atoms with E-state index in [4.69, 9.17) is 9.47 Å². The molecule has 0 radical (unpaired) electrons. The van der Waals surface area contributed by atoms with Gasteiger partial charge in [0.15, 0.2) is 0 Å². The molecule has 244 valence electrons. The SMILES string of the molecule is CC.CC.Cc1ccc(C)c(C)c1.Cc1ccc2c(c1)CCC1C2CCC2(C)/C(=C/COCCOCCN(C)C)CCC12.[HH]. The molecule has 0 spiro atoms. The largest absolute Gasteiger partial charge is 0.378 e. The summed E-state index contributed by atoms with van der Waals surface area (Å²) in [7, 11) is 4.14. The molecule has 0 amide bonds. The van der Waals surface area contributed by atoms with Crippen molar-refractivity contribution in [2.24, 2.45) is 17.3 Å². The molecule has 2 aromatic rings. The molecule has 0 aromatic heterocycles. The highest BCUT2D eigenvalue weighted by Gasteiger charge is 2.52. The number of fused-ring (bicyclic) bond motifs is 5. The fourth-order valence-electron chi connectivity index (χ4n) is 7.50. The van der Waals surface area contributed by atoms with E-state index in [1.54, 1.807) is 16.7 Å². The van der Waals surface area contributed by atoms with Gasteiger partial charge < -0.3 is 14.4 Å². The summed E-state index contributed by atoms with van der Waals surface area (Å²) in [4.78, 5) is 2.14. The van der Waals surface area contributed by atoms with Crippen LogP contribution < -0.4 is 0 Å². The highest BCUT2D eigenvalue weighted by molar-refractivity contribution is 5.39. The van der Waals surface area contributed by atoms with Gasteiger partial charge in [-0.1, -0.05) is 93.8 Å². The number of hydrogen-bond donors (Lipinski definition) is 0. The van der Waals surface area contributed by atoms with E-state index in [-0.39, 0.29) is 1.43 Å². The lowest BCUT2D eigenvalue weighted by Gasteiger charge is -2.49. The van der Waals surface area contributed by atoms with Crippen molar-refractivity contribution < 1.29 is 10.9 Å². The number of nitrogens with zero attached hydrogens (tertiary/aromatic N) is 1. The van der Waals surface area contributed by atoms with Gasteiger partial charge in [0.2, 0.25) is 0 Å². The van der Waals surface area contributed by atoms with Crippen LogP contribution in [0.2, 0.25) is 0 Å². The second kappa shape index (κ2) is 18.8. The minimum atomic E-state index is 0. The lowest BCUT2D eigenvalue weighted by Crippen LogP contribution is -2.40. The van der Waals surface area contributed by atoms with Crippen molar-refractivity contribution in [1.82, 2.24) is 4.90 Å². The molecular formula is C40H67NO2. The van der Waals surface area contributed by atoms with Crippen LogP contribution in [0.1, 0.15) is 107 Å². The Balaban J connectivity index is 0.000000586. The van der Waals surface area contributed by atoms with Gasteiger partial charge in [0.05, 0.1) is 26.4 Å². The fourth-order valence-corrected chi connectivity index (χ4v) is 7.50. The van der Waals surface area contributed by atoms with Crippen LogP contribution in [-0.2, 0) is 15.9 Å². The first-order valence-corrected chi connectivity index (χ1v) is 17.3. The van der Waals surface area contributed by atoms with E-state index in [1.165, 1.54) is 60.8 Å². The van der Waals surface area contributed by atoms with Crippen LogP contribution >= 0.6 is 0 Å². The second-order valence-electron chi connectivity index (χ2n) is 12.9. The molecule has 3 aliphatic rings. The zero-order valence-corrected chi connectivity index (χ0v) is 29.8. The van der Waals surface area contributed by atoms with E-state index >= 15 is 0 Å². The lowest BCUT2D eigenvalue weighted by atomic mass is 9.55. The van der Waals surface area contributed by atoms with Crippen molar-refractivity contribution in [3.05, 3.63) is 81.4 Å². The van der Waals surface area contributed by atoms with Crippen LogP contribution in [0.5, 0.6) is 0 Å². The van der Waals surface area contributed by atoms with E-state index in [9.17, 15) is 0 Å². The summed E-state index contributed by atoms with van der Waals surface area (Å²) in [6.45, 7) is 23.1. The number of ether oxygens (including phenoxy) is 2. The summed E-state index contributed by atoms with van der Waals surface area (Å²) < 4.78 is 11.5. The minimum Gasteiger partial charge on any atom is -0.378 e. The molecule has 4 unspecified atom stereocenters. The molecule has 3 heteroatoms. The number of likely N-dealkylation sites (N-methyl/N-ethyl adjacent to an activating group) is 1. The summed E-state index contributed by atoms with van der Waals surface area (Å²) in [6, 6.07) is 13.7. The average molecular weight is 594 g/mol. The molecule has 3 aliphatic carbocycles. The third-order valence-corrected chi connectivity index (χ3v) is 9.89. The van der Waals surface area contributed by atoms with Gasteiger partial charge in [-0.15, -0.1) is 0 Å². The van der Waals surface area contributed by atoms with E-state index in [2.05, 4.69) is 96.1 Å². The Kier molecular flexibility index (Phi) is 16.3. The molecule has 2 aromatic carbocycles. The maximum absolute atomic E-state index is 5.88. The Morgan fingerprint density at radius 3 is 2.16 bits per heavy atom. The zero-order valence-electron chi connectivity index (χ0n) is 29.8. The summed E-state index contributed by atoms with van der Waals surface area (Å²) in [5, 5.41) is 0. The molecule has 43 heavy (non-hydrogen) atoms. The number of aryl methyl sites for hydroxylation is 5. The molecule has 3 nitrogen and oxygen atoms in total. The van der Waals surface area contributed by atoms with Gasteiger partial charge in [0, 0.05) is 7.97 Å². The topological polar surface area (TPSA) is 21.7 Å². The highest BCUT2D eigenvalue weighted by atomic mass is 16.5. The quantitative estimate of drug-likeness (QED) is 0.224. The average Bonchev–Trinajstić information content (AvgIpc) is 3.34. The summed E-state index contributed by atoms with van der Waals surface area (Å²) >= 11 is 0. The predicted octanol–water partition coefficient (Wildman–Crippen LogP) is 10.3. The van der Waals surface area contributed by atoms with Gasteiger partial charge in [0.1, 0.15) is 0 Å². The first-order chi connectivity index (χ1) is 20.7. The molecule has 0 N–H and O–H groups in total. The Bertz CT molecular complexity index is 1130. The van der Waals surface area contributed by atoms with Gasteiger partial charge in [0.25, 0.3) is 0 Å². The number of allylic oxidation sites excluding steroid dienone is 1. The first kappa shape index (κ1) is 37.2. The van der Waals surface area contributed by atoms with Crippen LogP contribution in [0.4, 0.5) is 0 Å². The summed E-state index contributed by atoms with van der Waals surface area (Å²) in [5.41, 5.74) is 10.9. The van der Waals surface area contributed by atoms with E-state index < -0.39 is 0 Å². The fraction of sp³-hybridized carbons (Fsp3) is 0.650. The van der Waals surface area contributed by atoms with E-state index in [0.29, 0.717) is 18.6 Å². The summed E-state index contributed by atoms with van der Waals surface area (Å²) in [5.74, 6) is 2.52. The Morgan fingerprint density at radius 2 is 1.49 bits per heavy atom. The number of rotatable bonds is 8. The molecule has 0 heterocycles. The normalized spacial score (nSPS) is 24.4. The van der Waals surface area contributed by atoms with Crippen LogP contribution in [0.3, 0.4) is 0 Å². The molecule has 2 saturated carbocycles. The summed E-state index contributed by atoms with van der Waals surface area (Å²) in [6.07, 6.45) is 10.4. The Morgan fingerprint density at radius 1 is 0.814 bits per heavy atom. The number of hydrogen-bond acceptors (Lipinski definition) is 3. The van der Waals surface area contributed by atoms with Gasteiger partial charge >= 0.3 is 0 Å². The predicted molar refractivity (Wildman–Crippen MR) is 190 cm³/mol. The molecule has 0 saturated heterocycles. The molecular weight excluding hydrogens is 526 g/mol. The van der Waals surface area contributed by atoms with Crippen molar-refractivity contribution in [1.29, 1.82) is 0 Å². The maximum Gasteiger partial charge on any atom is 0.0704 e. The van der Waals surface area contributed by atoms with Crippen molar-refractivity contribution >= 4 is 0 Å². The minimum absolute atomic E-state index is 0. The lowest BCUT2D eigenvalue weighted by molar-refractivity contribution is 0.0512. The molecule has 0 aliphatic heterocycles. The monoisotopic (exact) mass is 594 g/mol. The third kappa shape index (κ3) is 10.3. The zero-order chi connectivity index (χ0) is 32.0. The van der Waals surface area contributed by atoms with Crippen molar-refractivity contribution in [2.75, 3.05) is 47.1 Å². The molecule has 4 atom stereocenters. The van der Waals surface area contributed by atoms with Crippen molar-refractivity contribution in [2.45, 2.75) is 107 Å². The first-order valence-electron chi connectivity index (χ1n) is 17.3. The molecule has 0 bridgehead atoms. The van der Waals surface area contributed by atoms with Gasteiger partial charge in [-0.25, -0.2) is 0 Å². The van der Waals surface area contributed by atoms with E-state index in [0.717, 1.165) is 37.5 Å².